The minimum atomic E-state index is -2.86. The van der Waals surface area contributed by atoms with Gasteiger partial charge in [0, 0.05) is 12.8 Å². The van der Waals surface area contributed by atoms with E-state index in [0.29, 0.717) is 18.1 Å². The molecule has 0 radical (unpaired) electrons. The highest BCUT2D eigenvalue weighted by atomic mass is 32.2. The summed E-state index contributed by atoms with van der Waals surface area (Å²) in [6, 6.07) is 0. The van der Waals surface area contributed by atoms with Gasteiger partial charge in [0.15, 0.2) is 5.11 Å². The number of rotatable bonds is 4. The van der Waals surface area contributed by atoms with Crippen LogP contribution in [0.15, 0.2) is 0 Å². The Bertz CT molecular complexity index is 237. The number of thiocarbonyl (C=S) groups is 1. The lowest BCUT2D eigenvalue weighted by Crippen LogP contribution is -2.40. The van der Waals surface area contributed by atoms with Crippen molar-refractivity contribution in [1.82, 2.24) is 10.7 Å². The molecule has 0 bridgehead atoms. The molecule has 0 saturated carbocycles. The van der Waals surface area contributed by atoms with Gasteiger partial charge in [0.25, 0.3) is 0 Å². The number of hydrazine groups is 1. The van der Waals surface area contributed by atoms with Crippen LogP contribution in [0.2, 0.25) is 0 Å². The molecule has 0 amide bonds. The Morgan fingerprint density at radius 3 is 2.58 bits per heavy atom. The molecule has 72 valence electrons. The van der Waals surface area contributed by atoms with Crippen LogP contribution in [0.5, 0.6) is 0 Å². The van der Waals surface area contributed by atoms with Gasteiger partial charge in [-0.25, -0.2) is 14.3 Å². The number of hydrogen-bond acceptors (Lipinski definition) is 4. The van der Waals surface area contributed by atoms with Gasteiger partial charge in [-0.2, -0.15) is 0 Å². The largest absolute Gasteiger partial charge is 0.362 e. The molecule has 0 aliphatic rings. The average molecular weight is 211 g/mol. The van der Waals surface area contributed by atoms with Crippen LogP contribution >= 0.6 is 12.2 Å². The molecule has 0 unspecified atom stereocenters. The topological polar surface area (TPSA) is 84.2 Å². The molecule has 0 saturated heterocycles. The molecule has 0 aliphatic heterocycles. The van der Waals surface area contributed by atoms with Crippen LogP contribution in [-0.2, 0) is 9.84 Å². The van der Waals surface area contributed by atoms with Crippen molar-refractivity contribution >= 4 is 27.2 Å². The van der Waals surface area contributed by atoms with Crippen LogP contribution in [0.3, 0.4) is 0 Å². The maximum absolute atomic E-state index is 10.6. The summed E-state index contributed by atoms with van der Waals surface area (Å²) in [6.45, 7) is 0.510. The fraction of sp³-hybridized carbons (Fsp3) is 0.800. The van der Waals surface area contributed by atoms with Crippen molar-refractivity contribution in [3.8, 4) is 0 Å². The van der Waals surface area contributed by atoms with E-state index in [1.54, 1.807) is 0 Å². The summed E-state index contributed by atoms with van der Waals surface area (Å²) in [7, 11) is -2.86. The van der Waals surface area contributed by atoms with Gasteiger partial charge in [0.2, 0.25) is 0 Å². The molecule has 0 aliphatic carbocycles. The van der Waals surface area contributed by atoms with E-state index in [4.69, 9.17) is 5.84 Å². The molecule has 0 rings (SSSR count). The van der Waals surface area contributed by atoms with Gasteiger partial charge in [0.05, 0.1) is 5.75 Å². The molecule has 12 heavy (non-hydrogen) atoms. The summed E-state index contributed by atoms with van der Waals surface area (Å²) in [5.41, 5.74) is 2.23. The molecule has 0 spiro atoms. The highest BCUT2D eigenvalue weighted by Gasteiger charge is 2.00. The molecular formula is C5H13N3O2S2. The third kappa shape index (κ3) is 7.70. The van der Waals surface area contributed by atoms with Crippen molar-refractivity contribution in [3.63, 3.8) is 0 Å². The summed E-state index contributed by atoms with van der Waals surface area (Å²) in [5, 5.41) is 3.06. The molecule has 0 heterocycles. The van der Waals surface area contributed by atoms with Gasteiger partial charge in [-0.05, 0) is 18.6 Å². The molecule has 4 N–H and O–H groups in total. The zero-order chi connectivity index (χ0) is 9.61. The first-order valence-corrected chi connectivity index (χ1v) is 5.85. The zero-order valence-electron chi connectivity index (χ0n) is 6.83. The minimum absolute atomic E-state index is 0.160. The summed E-state index contributed by atoms with van der Waals surface area (Å²) >= 11 is 4.67. The maximum Gasteiger partial charge on any atom is 0.180 e. The van der Waals surface area contributed by atoms with Crippen LogP contribution in [0.4, 0.5) is 0 Å². The Morgan fingerprint density at radius 1 is 1.58 bits per heavy atom. The second-order valence-electron chi connectivity index (χ2n) is 2.38. The standard InChI is InChI=1S/C5H13N3O2S2/c1-12(9,10)4-2-3-7-5(11)8-6/h2-4,6H2,1H3,(H2,7,8,11). The van der Waals surface area contributed by atoms with Gasteiger partial charge >= 0.3 is 0 Å². The Morgan fingerprint density at radius 2 is 2.17 bits per heavy atom. The van der Waals surface area contributed by atoms with E-state index < -0.39 is 9.84 Å². The van der Waals surface area contributed by atoms with Crippen LogP contribution in [0.1, 0.15) is 6.42 Å². The monoisotopic (exact) mass is 211 g/mol. The highest BCUT2D eigenvalue weighted by molar-refractivity contribution is 7.90. The van der Waals surface area contributed by atoms with Crippen molar-refractivity contribution in [2.75, 3.05) is 18.6 Å². The number of sulfone groups is 1. The second-order valence-corrected chi connectivity index (χ2v) is 5.05. The number of hydrogen-bond donors (Lipinski definition) is 3. The van der Waals surface area contributed by atoms with Crippen molar-refractivity contribution < 1.29 is 8.42 Å². The molecule has 0 fully saturated rings. The summed E-state index contributed by atoms with van der Waals surface area (Å²) in [6.07, 6.45) is 1.73. The van der Waals surface area contributed by atoms with E-state index in [1.165, 1.54) is 6.26 Å². The lowest BCUT2D eigenvalue weighted by atomic mass is 10.5. The third-order valence-corrected chi connectivity index (χ3v) is 2.40. The predicted octanol–water partition coefficient (Wildman–Crippen LogP) is -1.24. The minimum Gasteiger partial charge on any atom is -0.362 e. The highest BCUT2D eigenvalue weighted by Crippen LogP contribution is 1.86. The quantitative estimate of drug-likeness (QED) is 0.233. The Hall–Kier alpha value is -0.400. The fourth-order valence-corrected chi connectivity index (χ4v) is 1.36. The van der Waals surface area contributed by atoms with Crippen molar-refractivity contribution in [2.24, 2.45) is 5.84 Å². The lowest BCUT2D eigenvalue weighted by molar-refractivity contribution is 0.598. The Balaban J connectivity index is 3.40. The first kappa shape index (κ1) is 11.6. The number of nitrogens with one attached hydrogen (secondary N) is 2. The average Bonchev–Trinajstić information content (AvgIpc) is 1.96. The van der Waals surface area contributed by atoms with Crippen LogP contribution in [0, 0.1) is 0 Å². The second kappa shape index (κ2) is 5.28. The zero-order valence-corrected chi connectivity index (χ0v) is 8.46. The van der Waals surface area contributed by atoms with Gasteiger partial charge < -0.3 is 10.7 Å². The van der Waals surface area contributed by atoms with Gasteiger partial charge in [-0.15, -0.1) is 0 Å². The molecule has 0 aromatic heterocycles. The molecule has 0 aromatic rings. The molecule has 5 nitrogen and oxygen atoms in total. The summed E-state index contributed by atoms with van der Waals surface area (Å²) < 4.78 is 21.3. The van der Waals surface area contributed by atoms with Gasteiger partial charge in [0.1, 0.15) is 9.84 Å². The van der Waals surface area contributed by atoms with Crippen LogP contribution in [0.25, 0.3) is 0 Å². The summed E-state index contributed by atoms with van der Waals surface area (Å²) in [4.78, 5) is 0. The SMILES string of the molecule is CS(=O)(=O)CCCNC(=S)NN. The smallest absolute Gasteiger partial charge is 0.180 e. The molecule has 7 heteroatoms. The lowest BCUT2D eigenvalue weighted by Gasteiger charge is -2.05. The van der Waals surface area contributed by atoms with E-state index in [0.717, 1.165) is 0 Å². The predicted molar refractivity (Wildman–Crippen MR) is 52.3 cm³/mol. The maximum atomic E-state index is 10.6. The van der Waals surface area contributed by atoms with E-state index in [-0.39, 0.29) is 5.75 Å². The van der Waals surface area contributed by atoms with Crippen LogP contribution < -0.4 is 16.6 Å². The normalized spacial score (nSPS) is 10.8. The Kier molecular flexibility index (Phi) is 5.11. The third-order valence-electron chi connectivity index (χ3n) is 1.11. The number of nitrogens with two attached hydrogens (primary N) is 1. The van der Waals surface area contributed by atoms with E-state index in [2.05, 4.69) is 23.0 Å². The van der Waals surface area contributed by atoms with E-state index in [1.807, 2.05) is 0 Å². The molecular weight excluding hydrogens is 198 g/mol. The first-order valence-electron chi connectivity index (χ1n) is 3.38. The van der Waals surface area contributed by atoms with Gasteiger partial charge in [-0.3, -0.25) is 0 Å². The van der Waals surface area contributed by atoms with E-state index in [9.17, 15) is 8.42 Å². The van der Waals surface area contributed by atoms with Crippen molar-refractivity contribution in [2.45, 2.75) is 6.42 Å². The Labute approximate surface area is 77.6 Å². The molecule has 0 atom stereocenters. The van der Waals surface area contributed by atoms with Crippen molar-refractivity contribution in [1.29, 1.82) is 0 Å². The van der Waals surface area contributed by atoms with E-state index >= 15 is 0 Å². The van der Waals surface area contributed by atoms with Crippen LogP contribution in [-0.4, -0.2) is 32.1 Å². The van der Waals surface area contributed by atoms with Crippen molar-refractivity contribution in [3.05, 3.63) is 0 Å². The fourth-order valence-electron chi connectivity index (χ4n) is 0.587. The molecule has 0 aromatic carbocycles. The van der Waals surface area contributed by atoms with Gasteiger partial charge in [-0.1, -0.05) is 0 Å². The summed E-state index contributed by atoms with van der Waals surface area (Å²) in [5.74, 6) is 5.13. The first-order chi connectivity index (χ1) is 5.45.